The Morgan fingerprint density at radius 3 is 2.76 bits per heavy atom. The van der Waals surface area contributed by atoms with Crippen molar-refractivity contribution >= 4 is 12.2 Å². The average molecular weight is 295 g/mol. The molecule has 0 aliphatic heterocycles. The number of aliphatic hydroxyl groups is 3. The predicted octanol–water partition coefficient (Wildman–Crippen LogP) is -1.82. The number of rotatable bonds is 5. The highest BCUT2D eigenvalue weighted by atomic mass is 16.4. The van der Waals surface area contributed by atoms with Crippen molar-refractivity contribution in [1.82, 2.24) is 5.32 Å². The topological polar surface area (TPSA) is 103 Å². The maximum atomic E-state index is 11.4. The molecule has 116 valence electrons. The number of hydrogen-bond donors (Lipinski definition) is 4. The van der Waals surface area contributed by atoms with Gasteiger partial charge in [-0.3, -0.25) is 5.32 Å². The zero-order valence-corrected chi connectivity index (χ0v) is 12.2. The summed E-state index contributed by atoms with van der Waals surface area (Å²) in [6.45, 7) is 2.73. The minimum atomic E-state index is -1.08. The van der Waals surface area contributed by atoms with Crippen LogP contribution < -0.4 is 21.6 Å². The van der Waals surface area contributed by atoms with Crippen LogP contribution in [0, 0.1) is 12.3 Å². The third kappa shape index (κ3) is 3.24. The summed E-state index contributed by atoms with van der Waals surface area (Å²) in [4.78, 5) is 11.4. The van der Waals surface area contributed by atoms with Gasteiger partial charge in [-0.2, -0.15) is 0 Å². The highest BCUT2D eigenvalue weighted by Gasteiger charge is 2.33. The summed E-state index contributed by atoms with van der Waals surface area (Å²) in [5, 5.41) is 32.5. The number of aliphatic hydroxyl groups excluding tert-OH is 3. The van der Waals surface area contributed by atoms with Crippen molar-refractivity contribution in [2.75, 3.05) is 13.2 Å². The Hall–Kier alpha value is -1.47. The zero-order chi connectivity index (χ0) is 15.6. The highest BCUT2D eigenvalue weighted by molar-refractivity contribution is 5.42. The second-order valence-corrected chi connectivity index (χ2v) is 5.78. The lowest BCUT2D eigenvalue weighted by Crippen LogP contribution is -2.52. The molecular weight excluding hydrogens is 274 g/mol. The van der Waals surface area contributed by atoms with E-state index in [2.05, 4.69) is 5.32 Å². The van der Waals surface area contributed by atoms with Gasteiger partial charge < -0.3 is 19.7 Å². The number of aryl methyl sites for hydroxylation is 1. The van der Waals surface area contributed by atoms with Gasteiger partial charge in [-0.1, -0.05) is 13.0 Å². The van der Waals surface area contributed by atoms with E-state index in [-0.39, 0.29) is 19.3 Å². The number of fused-ring (bicyclic) bond motifs is 1. The largest absolute Gasteiger partial charge is 0.423 e. The van der Waals surface area contributed by atoms with Crippen LogP contribution in [0.3, 0.4) is 0 Å². The Bertz CT molecular complexity index is 674. The second kappa shape index (κ2) is 6.11. The third-order valence-corrected chi connectivity index (χ3v) is 3.92. The Labute approximate surface area is 122 Å². The Morgan fingerprint density at radius 2 is 2.14 bits per heavy atom. The summed E-state index contributed by atoms with van der Waals surface area (Å²) in [5.41, 5.74) is -0.118. The number of nitrogens with one attached hydrogen (secondary N) is 1. The van der Waals surface area contributed by atoms with E-state index in [4.69, 9.17) is 4.42 Å². The molecule has 0 radical (unpaired) electrons. The third-order valence-electron chi connectivity index (χ3n) is 3.92. The molecule has 0 amide bonds. The van der Waals surface area contributed by atoms with Gasteiger partial charge in [0.1, 0.15) is 11.6 Å². The molecule has 1 aliphatic carbocycles. The molecule has 2 rings (SSSR count). The van der Waals surface area contributed by atoms with Gasteiger partial charge in [-0.05, 0) is 25.0 Å². The maximum absolute atomic E-state index is 11.4. The molecule has 0 saturated heterocycles. The van der Waals surface area contributed by atoms with Crippen LogP contribution in [0.1, 0.15) is 18.9 Å². The lowest BCUT2D eigenvalue weighted by molar-refractivity contribution is -0.0593. The van der Waals surface area contributed by atoms with Crippen LogP contribution in [-0.4, -0.2) is 40.8 Å². The van der Waals surface area contributed by atoms with Crippen LogP contribution in [0.15, 0.2) is 15.3 Å². The molecule has 0 aromatic carbocycles. The molecule has 6 heteroatoms. The van der Waals surface area contributed by atoms with Gasteiger partial charge in [0.05, 0.1) is 18.6 Å². The summed E-state index contributed by atoms with van der Waals surface area (Å²) in [5.74, 6) is 0. The average Bonchev–Trinajstić information content (AvgIpc) is 2.45. The summed E-state index contributed by atoms with van der Waals surface area (Å²) >= 11 is 0. The van der Waals surface area contributed by atoms with Gasteiger partial charge in [0.15, 0.2) is 0 Å². The van der Waals surface area contributed by atoms with Gasteiger partial charge >= 0.3 is 5.63 Å². The first-order chi connectivity index (χ1) is 9.89. The monoisotopic (exact) mass is 295 g/mol. The first kappa shape index (κ1) is 15.9. The number of hydrogen-bond acceptors (Lipinski definition) is 6. The lowest BCUT2D eigenvalue weighted by Gasteiger charge is -2.33. The van der Waals surface area contributed by atoms with Crippen LogP contribution in [0.25, 0.3) is 12.2 Å². The standard InChI is InChI=1S/C15H21NO5/c1-9-5-13(19)21-12-6-10(3-4-11(9)12)16-14(20)15(2,7-17)8-18/h4-6,10,14,16-18,20H,3,7-8H2,1-2H3. The van der Waals surface area contributed by atoms with Crippen molar-refractivity contribution in [3.63, 3.8) is 0 Å². The molecule has 0 bridgehead atoms. The zero-order valence-electron chi connectivity index (χ0n) is 12.2. The van der Waals surface area contributed by atoms with Crippen LogP contribution in [-0.2, 0) is 0 Å². The molecule has 21 heavy (non-hydrogen) atoms. The van der Waals surface area contributed by atoms with E-state index < -0.39 is 17.3 Å². The van der Waals surface area contributed by atoms with E-state index in [1.165, 1.54) is 6.07 Å². The highest BCUT2D eigenvalue weighted by Crippen LogP contribution is 2.19. The SMILES string of the molecule is Cc1cc(=O)oc2c1=CCC(NC(O)C(C)(CO)CO)C=2. The molecule has 0 fully saturated rings. The molecule has 2 unspecified atom stereocenters. The summed E-state index contributed by atoms with van der Waals surface area (Å²) in [6.07, 6.45) is 3.21. The van der Waals surface area contributed by atoms with Crippen LogP contribution in [0.4, 0.5) is 0 Å². The second-order valence-electron chi connectivity index (χ2n) is 5.78. The fourth-order valence-corrected chi connectivity index (χ4v) is 2.27. The van der Waals surface area contributed by atoms with E-state index in [1.54, 1.807) is 13.0 Å². The van der Waals surface area contributed by atoms with Crippen LogP contribution >= 0.6 is 0 Å². The molecule has 1 heterocycles. The molecule has 1 aromatic heterocycles. The quantitative estimate of drug-likeness (QED) is 0.477. The van der Waals surface area contributed by atoms with Gasteiger partial charge in [0.2, 0.25) is 0 Å². The van der Waals surface area contributed by atoms with Gasteiger partial charge in [-0.15, -0.1) is 0 Å². The lowest BCUT2D eigenvalue weighted by atomic mass is 9.90. The van der Waals surface area contributed by atoms with Crippen LogP contribution in [0.2, 0.25) is 0 Å². The summed E-state index contributed by atoms with van der Waals surface area (Å²) in [6, 6.07) is 1.20. The van der Waals surface area contributed by atoms with Crippen molar-refractivity contribution in [1.29, 1.82) is 0 Å². The van der Waals surface area contributed by atoms with Gasteiger partial charge in [-0.25, -0.2) is 4.79 Å². The van der Waals surface area contributed by atoms with Crippen molar-refractivity contribution < 1.29 is 19.7 Å². The van der Waals surface area contributed by atoms with E-state index in [1.807, 2.05) is 13.0 Å². The van der Waals surface area contributed by atoms with Crippen molar-refractivity contribution in [3.05, 3.63) is 32.7 Å². The molecule has 1 aromatic rings. The van der Waals surface area contributed by atoms with Gasteiger partial charge in [0, 0.05) is 17.3 Å². The van der Waals surface area contributed by atoms with Gasteiger partial charge in [0.25, 0.3) is 0 Å². The minimum absolute atomic E-state index is 0.241. The normalized spacial score (nSPS) is 19.4. The van der Waals surface area contributed by atoms with E-state index in [0.717, 1.165) is 10.8 Å². The molecule has 0 saturated carbocycles. The summed E-state index contributed by atoms with van der Waals surface area (Å²) in [7, 11) is 0. The fourth-order valence-electron chi connectivity index (χ4n) is 2.27. The Morgan fingerprint density at radius 1 is 1.48 bits per heavy atom. The maximum Gasteiger partial charge on any atom is 0.336 e. The van der Waals surface area contributed by atoms with Crippen molar-refractivity contribution in [2.45, 2.75) is 32.5 Å². The van der Waals surface area contributed by atoms with E-state index in [0.29, 0.717) is 11.8 Å². The summed E-state index contributed by atoms with van der Waals surface area (Å²) < 4.78 is 5.17. The van der Waals surface area contributed by atoms with E-state index in [9.17, 15) is 20.1 Å². The minimum Gasteiger partial charge on any atom is -0.423 e. The molecule has 2 atom stereocenters. The molecular formula is C15H21NO5. The Balaban J connectivity index is 2.25. The predicted molar refractivity (Wildman–Crippen MR) is 77.7 cm³/mol. The van der Waals surface area contributed by atoms with E-state index >= 15 is 0 Å². The molecule has 4 N–H and O–H groups in total. The van der Waals surface area contributed by atoms with Crippen molar-refractivity contribution in [2.24, 2.45) is 5.41 Å². The molecule has 0 spiro atoms. The smallest absolute Gasteiger partial charge is 0.336 e. The van der Waals surface area contributed by atoms with Crippen molar-refractivity contribution in [3.8, 4) is 0 Å². The first-order valence-electron chi connectivity index (χ1n) is 6.88. The first-order valence-corrected chi connectivity index (χ1v) is 6.88. The molecule has 6 nitrogen and oxygen atoms in total. The van der Waals surface area contributed by atoms with Crippen LogP contribution in [0.5, 0.6) is 0 Å². The Kier molecular flexibility index (Phi) is 4.63. The molecule has 1 aliphatic rings. The fraction of sp³-hybridized carbons (Fsp3) is 0.533.